The average Bonchev–Trinajstić information content (AvgIpc) is 3.44. The predicted molar refractivity (Wildman–Crippen MR) is 117 cm³/mol. The number of carbonyl (C=O) groups excluding carboxylic acids is 1. The fourth-order valence-electron chi connectivity index (χ4n) is 4.04. The molecule has 2 atom stereocenters. The molecule has 0 fully saturated rings. The van der Waals surface area contributed by atoms with Gasteiger partial charge in [0.2, 0.25) is 12.7 Å². The average molecular weight is 413 g/mol. The van der Waals surface area contributed by atoms with Gasteiger partial charge in [0, 0.05) is 24.7 Å². The van der Waals surface area contributed by atoms with Crippen molar-refractivity contribution < 1.29 is 14.3 Å². The zero-order valence-corrected chi connectivity index (χ0v) is 17.2. The van der Waals surface area contributed by atoms with Gasteiger partial charge in [-0.25, -0.2) is 4.98 Å². The molecular formula is C25H23N3O3. The number of ether oxygens (including phenoxy) is 2. The van der Waals surface area contributed by atoms with Crippen LogP contribution in [0.25, 0.3) is 5.65 Å². The molecule has 0 radical (unpaired) electrons. The van der Waals surface area contributed by atoms with E-state index in [4.69, 9.17) is 9.47 Å². The molecule has 0 aliphatic carbocycles. The van der Waals surface area contributed by atoms with Gasteiger partial charge in [0.05, 0.1) is 11.7 Å². The minimum absolute atomic E-state index is 0.0232. The Kier molecular flexibility index (Phi) is 5.04. The molecule has 5 rings (SSSR count). The van der Waals surface area contributed by atoms with Crippen LogP contribution in [0.15, 0.2) is 79.1 Å². The zero-order valence-electron chi connectivity index (χ0n) is 17.2. The van der Waals surface area contributed by atoms with Crippen LogP contribution in [0.5, 0.6) is 11.5 Å². The molecule has 2 unspecified atom stereocenters. The van der Waals surface area contributed by atoms with E-state index in [2.05, 4.69) is 10.3 Å². The largest absolute Gasteiger partial charge is 0.454 e. The van der Waals surface area contributed by atoms with Crippen molar-refractivity contribution in [2.75, 3.05) is 6.79 Å². The van der Waals surface area contributed by atoms with Crippen molar-refractivity contribution in [3.63, 3.8) is 0 Å². The number of hydrogen-bond donors (Lipinski definition) is 1. The van der Waals surface area contributed by atoms with Gasteiger partial charge in [0.15, 0.2) is 11.5 Å². The molecule has 0 saturated carbocycles. The number of aromatic nitrogens is 2. The van der Waals surface area contributed by atoms with Crippen molar-refractivity contribution in [1.29, 1.82) is 0 Å². The number of carbonyl (C=O) groups is 1. The maximum Gasteiger partial charge on any atom is 0.231 e. The van der Waals surface area contributed by atoms with Gasteiger partial charge < -0.3 is 19.2 Å². The minimum Gasteiger partial charge on any atom is -0.454 e. The van der Waals surface area contributed by atoms with E-state index in [0.29, 0.717) is 12.2 Å². The topological polar surface area (TPSA) is 64.9 Å². The van der Waals surface area contributed by atoms with Gasteiger partial charge in [-0.2, -0.15) is 0 Å². The monoisotopic (exact) mass is 413 g/mol. The van der Waals surface area contributed by atoms with Crippen LogP contribution in [0.3, 0.4) is 0 Å². The number of rotatable bonds is 6. The molecule has 0 saturated heterocycles. The van der Waals surface area contributed by atoms with Crippen molar-refractivity contribution in [1.82, 2.24) is 14.7 Å². The number of imidazole rings is 1. The first-order valence-corrected chi connectivity index (χ1v) is 10.3. The highest BCUT2D eigenvalue weighted by Gasteiger charge is 2.25. The summed E-state index contributed by atoms with van der Waals surface area (Å²) in [6, 6.07) is 21.6. The number of nitrogens with zero attached hydrogens (tertiary/aromatic N) is 2. The van der Waals surface area contributed by atoms with Gasteiger partial charge in [-0.05, 0) is 42.3 Å². The molecule has 2 aromatic heterocycles. The normalized spacial score (nSPS) is 14.4. The number of hydrogen-bond acceptors (Lipinski definition) is 4. The molecular weight excluding hydrogens is 390 g/mol. The van der Waals surface area contributed by atoms with Crippen molar-refractivity contribution in [2.45, 2.75) is 25.3 Å². The number of benzene rings is 2. The summed E-state index contributed by atoms with van der Waals surface area (Å²) < 4.78 is 13.1. The van der Waals surface area contributed by atoms with E-state index < -0.39 is 0 Å². The highest BCUT2D eigenvalue weighted by atomic mass is 16.7. The number of pyridine rings is 1. The van der Waals surface area contributed by atoms with Crippen molar-refractivity contribution >= 4 is 11.6 Å². The van der Waals surface area contributed by atoms with Gasteiger partial charge in [-0.1, -0.05) is 42.5 Å². The summed E-state index contributed by atoms with van der Waals surface area (Å²) >= 11 is 0. The van der Waals surface area contributed by atoms with Gasteiger partial charge in [-0.15, -0.1) is 0 Å². The van der Waals surface area contributed by atoms with Crippen molar-refractivity contribution in [2.24, 2.45) is 0 Å². The standard InChI is InChI=1S/C25H23N3O3/c1-17(18-7-3-2-4-8-18)27-25(29)14-20(19-10-11-22-23(13-19)31-16-30-22)21-15-26-24-9-5-6-12-28(21)24/h2-13,15,17,20H,14,16H2,1H3,(H,27,29). The lowest BCUT2D eigenvalue weighted by atomic mass is 9.91. The number of fused-ring (bicyclic) bond motifs is 2. The summed E-state index contributed by atoms with van der Waals surface area (Å²) in [6.45, 7) is 2.21. The SMILES string of the molecule is CC(NC(=O)CC(c1ccc2c(c1)OCO2)c1cnc2ccccn12)c1ccccc1. The Bertz CT molecular complexity index is 1220. The summed E-state index contributed by atoms with van der Waals surface area (Å²) in [5, 5.41) is 3.13. The minimum atomic E-state index is -0.185. The van der Waals surface area contributed by atoms with Gasteiger partial charge >= 0.3 is 0 Å². The van der Waals surface area contributed by atoms with Crippen LogP contribution in [-0.2, 0) is 4.79 Å². The van der Waals surface area contributed by atoms with Crippen LogP contribution in [0.4, 0.5) is 0 Å². The van der Waals surface area contributed by atoms with Gasteiger partial charge in [-0.3, -0.25) is 4.79 Å². The molecule has 1 amide bonds. The second kappa shape index (κ2) is 8.14. The van der Waals surface area contributed by atoms with Crippen LogP contribution >= 0.6 is 0 Å². The third kappa shape index (κ3) is 3.84. The van der Waals surface area contributed by atoms with Crippen LogP contribution in [0.2, 0.25) is 0 Å². The predicted octanol–water partition coefficient (Wildman–Crippen LogP) is 4.46. The molecule has 1 aliphatic heterocycles. The highest BCUT2D eigenvalue weighted by Crippen LogP contribution is 2.37. The molecule has 4 aromatic rings. The molecule has 0 spiro atoms. The first-order chi connectivity index (χ1) is 15.2. The fraction of sp³-hybridized carbons (Fsp3) is 0.200. The molecule has 0 bridgehead atoms. The van der Waals surface area contributed by atoms with E-state index in [0.717, 1.165) is 28.2 Å². The molecule has 1 aliphatic rings. The van der Waals surface area contributed by atoms with Gasteiger partial charge in [0.25, 0.3) is 0 Å². The second-order valence-corrected chi connectivity index (χ2v) is 7.68. The first-order valence-electron chi connectivity index (χ1n) is 10.3. The number of nitrogens with one attached hydrogen (secondary N) is 1. The quantitative estimate of drug-likeness (QED) is 0.507. The zero-order chi connectivity index (χ0) is 21.2. The lowest BCUT2D eigenvalue weighted by Crippen LogP contribution is -2.28. The Hall–Kier alpha value is -3.80. The molecule has 2 aromatic carbocycles. The molecule has 31 heavy (non-hydrogen) atoms. The van der Waals surface area contributed by atoms with E-state index in [9.17, 15) is 4.79 Å². The van der Waals surface area contributed by atoms with Crippen LogP contribution in [0.1, 0.15) is 42.1 Å². The Morgan fingerprint density at radius 3 is 2.71 bits per heavy atom. The second-order valence-electron chi connectivity index (χ2n) is 7.68. The van der Waals surface area contributed by atoms with E-state index in [-0.39, 0.29) is 24.7 Å². The van der Waals surface area contributed by atoms with Gasteiger partial charge in [0.1, 0.15) is 5.65 Å². The third-order valence-corrected chi connectivity index (χ3v) is 5.67. The Labute approximate surface area is 180 Å². The molecule has 6 nitrogen and oxygen atoms in total. The van der Waals surface area contributed by atoms with Crippen LogP contribution in [-0.4, -0.2) is 22.1 Å². The third-order valence-electron chi connectivity index (χ3n) is 5.67. The van der Waals surface area contributed by atoms with E-state index in [1.165, 1.54) is 0 Å². The summed E-state index contributed by atoms with van der Waals surface area (Å²) in [5.74, 6) is 1.22. The Balaban J connectivity index is 1.46. The summed E-state index contributed by atoms with van der Waals surface area (Å²) in [5.41, 5.74) is 3.86. The summed E-state index contributed by atoms with van der Waals surface area (Å²) in [7, 11) is 0. The lowest BCUT2D eigenvalue weighted by Gasteiger charge is -2.20. The Morgan fingerprint density at radius 1 is 1.03 bits per heavy atom. The van der Waals surface area contributed by atoms with E-state index in [1.807, 2.05) is 90.4 Å². The smallest absolute Gasteiger partial charge is 0.231 e. The Morgan fingerprint density at radius 2 is 1.84 bits per heavy atom. The summed E-state index contributed by atoms with van der Waals surface area (Å²) in [6.07, 6.45) is 4.11. The fourth-order valence-corrected chi connectivity index (χ4v) is 4.04. The van der Waals surface area contributed by atoms with E-state index in [1.54, 1.807) is 0 Å². The first kappa shape index (κ1) is 19.2. The lowest BCUT2D eigenvalue weighted by molar-refractivity contribution is -0.122. The number of amides is 1. The summed E-state index contributed by atoms with van der Waals surface area (Å²) in [4.78, 5) is 17.6. The molecule has 1 N–H and O–H groups in total. The van der Waals surface area contributed by atoms with Crippen LogP contribution < -0.4 is 14.8 Å². The van der Waals surface area contributed by atoms with Crippen molar-refractivity contribution in [3.8, 4) is 11.5 Å². The highest BCUT2D eigenvalue weighted by molar-refractivity contribution is 5.78. The maximum absolute atomic E-state index is 13.1. The maximum atomic E-state index is 13.1. The van der Waals surface area contributed by atoms with Crippen LogP contribution in [0, 0.1) is 0 Å². The van der Waals surface area contributed by atoms with Crippen molar-refractivity contribution in [3.05, 3.63) is 95.9 Å². The molecule has 3 heterocycles. The molecule has 156 valence electrons. The molecule has 6 heteroatoms. The van der Waals surface area contributed by atoms with E-state index >= 15 is 0 Å².